The number of thiocyanates is 1. The van der Waals surface area contributed by atoms with Crippen LogP contribution < -0.4 is 0 Å². The van der Waals surface area contributed by atoms with E-state index in [9.17, 15) is 0 Å². The summed E-state index contributed by atoms with van der Waals surface area (Å²) >= 11 is 1.17. The number of nitrogens with zero attached hydrogens (tertiary/aromatic N) is 1. The Bertz CT molecular complexity index is 147. The zero-order valence-electron chi connectivity index (χ0n) is 4.29. The predicted molar refractivity (Wildman–Crippen MR) is 36.0 cm³/mol. The van der Waals surface area contributed by atoms with Crippen LogP contribution in [0.3, 0.4) is 0 Å². The number of hydrogen-bond donors (Lipinski definition) is 0. The molecule has 0 amide bonds. The van der Waals surface area contributed by atoms with Crippen molar-refractivity contribution in [2.45, 2.75) is 0 Å². The van der Waals surface area contributed by atoms with E-state index in [0.717, 1.165) is 0 Å². The molecule has 0 N–H and O–H groups in total. The maximum atomic E-state index is 7.99. The van der Waals surface area contributed by atoms with Crippen LogP contribution in [0.15, 0.2) is 12.2 Å². The number of thioether (sulfide) groups is 1. The summed E-state index contributed by atoms with van der Waals surface area (Å²) in [7, 11) is 0. The summed E-state index contributed by atoms with van der Waals surface area (Å²) in [6.45, 7) is 0. The van der Waals surface area contributed by atoms with Crippen LogP contribution in [0, 0.1) is 23.0 Å². The molecule has 0 fully saturated rings. The second kappa shape index (κ2) is 6.14. The van der Waals surface area contributed by atoms with Crippen LogP contribution in [0.1, 0.15) is 0 Å². The zero-order valence-corrected chi connectivity index (χ0v) is 5.11. The Hall–Kier alpha value is -0.860. The van der Waals surface area contributed by atoms with Crippen molar-refractivity contribution in [1.82, 2.24) is 0 Å². The van der Waals surface area contributed by atoms with Crippen LogP contribution in [0.5, 0.6) is 0 Å². The summed E-state index contributed by atoms with van der Waals surface area (Å²) in [5.41, 5.74) is 0. The van der Waals surface area contributed by atoms with Gasteiger partial charge in [-0.1, -0.05) is 12.0 Å². The van der Waals surface area contributed by atoms with Crippen LogP contribution in [0.4, 0.5) is 0 Å². The van der Waals surface area contributed by atoms with E-state index in [4.69, 9.17) is 11.7 Å². The number of hydrogen-bond acceptors (Lipinski definition) is 2. The fourth-order valence-corrected chi connectivity index (χ4v) is 0.469. The molecular formula is C6H5NS. The van der Waals surface area contributed by atoms with E-state index in [2.05, 4.69) is 5.92 Å². The van der Waals surface area contributed by atoms with E-state index in [1.807, 2.05) is 5.40 Å². The number of nitriles is 1. The average molecular weight is 123 g/mol. The summed E-state index contributed by atoms with van der Waals surface area (Å²) < 4.78 is 0. The Morgan fingerprint density at radius 3 is 3.00 bits per heavy atom. The van der Waals surface area contributed by atoms with E-state index in [1.54, 1.807) is 12.2 Å². The molecule has 0 aliphatic heterocycles. The molecule has 8 heavy (non-hydrogen) atoms. The summed E-state index contributed by atoms with van der Waals surface area (Å²) in [5, 5.41) is 9.92. The van der Waals surface area contributed by atoms with Crippen LogP contribution in [-0.4, -0.2) is 5.75 Å². The first-order chi connectivity index (χ1) is 3.91. The van der Waals surface area contributed by atoms with E-state index in [0.29, 0.717) is 5.75 Å². The van der Waals surface area contributed by atoms with Gasteiger partial charge in [0.15, 0.2) is 0 Å². The first-order valence-electron chi connectivity index (χ1n) is 2.04. The van der Waals surface area contributed by atoms with Crippen LogP contribution in [0.25, 0.3) is 0 Å². The summed E-state index contributed by atoms with van der Waals surface area (Å²) in [6.07, 6.45) is 8.24. The van der Waals surface area contributed by atoms with Gasteiger partial charge < -0.3 is 0 Å². The van der Waals surface area contributed by atoms with Crippen LogP contribution >= 0.6 is 11.8 Å². The normalized spacial score (nSPS) is 8.25. The van der Waals surface area contributed by atoms with Gasteiger partial charge in [-0.2, -0.15) is 5.26 Å². The molecule has 0 aliphatic rings. The SMILES string of the molecule is C#C/C=C\CSC#N. The van der Waals surface area contributed by atoms with Crippen molar-refractivity contribution >= 4 is 11.8 Å². The van der Waals surface area contributed by atoms with Gasteiger partial charge in [0.2, 0.25) is 0 Å². The smallest absolute Gasteiger partial charge is 0.133 e. The van der Waals surface area contributed by atoms with Gasteiger partial charge in [0.1, 0.15) is 5.40 Å². The molecule has 0 bridgehead atoms. The quantitative estimate of drug-likeness (QED) is 0.315. The summed E-state index contributed by atoms with van der Waals surface area (Å²) in [6, 6.07) is 0. The van der Waals surface area contributed by atoms with Crippen LogP contribution in [0.2, 0.25) is 0 Å². The standard InChI is InChI=1S/C6H5NS/c1-2-3-4-5-8-6-7/h1,3-4H,5H2/b4-3-. The second-order valence-corrected chi connectivity index (χ2v) is 1.78. The highest BCUT2D eigenvalue weighted by atomic mass is 32.2. The third kappa shape index (κ3) is 5.14. The highest BCUT2D eigenvalue weighted by Gasteiger charge is 1.72. The molecule has 0 spiro atoms. The topological polar surface area (TPSA) is 23.8 Å². The van der Waals surface area contributed by atoms with Crippen molar-refractivity contribution in [3.05, 3.63) is 12.2 Å². The number of rotatable bonds is 2. The van der Waals surface area contributed by atoms with E-state index in [1.165, 1.54) is 11.8 Å². The number of allylic oxidation sites excluding steroid dienone is 1. The molecule has 0 aromatic heterocycles. The Kier molecular flexibility index (Phi) is 5.48. The molecule has 0 heterocycles. The van der Waals surface area contributed by atoms with Gasteiger partial charge in [-0.05, 0) is 17.8 Å². The molecule has 0 saturated heterocycles. The van der Waals surface area contributed by atoms with E-state index < -0.39 is 0 Å². The maximum Gasteiger partial charge on any atom is 0.133 e. The fourth-order valence-electron chi connectivity index (χ4n) is 0.202. The lowest BCUT2D eigenvalue weighted by Gasteiger charge is -1.73. The average Bonchev–Trinajstić information content (AvgIpc) is 1.81. The van der Waals surface area contributed by atoms with Gasteiger partial charge in [0, 0.05) is 5.75 Å². The Morgan fingerprint density at radius 2 is 2.50 bits per heavy atom. The molecule has 0 saturated carbocycles. The van der Waals surface area contributed by atoms with Gasteiger partial charge in [-0.15, -0.1) is 6.42 Å². The second-order valence-electron chi connectivity index (χ2n) is 0.971. The lowest BCUT2D eigenvalue weighted by atomic mass is 10.5. The summed E-state index contributed by atoms with van der Waals surface area (Å²) in [5.74, 6) is 3.00. The maximum absolute atomic E-state index is 7.99. The molecule has 2 heteroatoms. The molecule has 0 aliphatic carbocycles. The first kappa shape index (κ1) is 7.14. The highest BCUT2D eigenvalue weighted by Crippen LogP contribution is 1.93. The molecular weight excluding hydrogens is 118 g/mol. The molecule has 0 atom stereocenters. The Balaban J connectivity index is 3.10. The van der Waals surface area contributed by atoms with Crippen molar-refractivity contribution in [1.29, 1.82) is 5.26 Å². The van der Waals surface area contributed by atoms with Gasteiger partial charge in [0.05, 0.1) is 0 Å². The predicted octanol–water partition coefficient (Wildman–Crippen LogP) is 1.39. The van der Waals surface area contributed by atoms with Gasteiger partial charge in [-0.25, -0.2) is 0 Å². The van der Waals surface area contributed by atoms with Gasteiger partial charge in [-0.3, -0.25) is 0 Å². The number of terminal acetylenes is 1. The van der Waals surface area contributed by atoms with Gasteiger partial charge >= 0.3 is 0 Å². The minimum atomic E-state index is 0.681. The largest absolute Gasteiger partial charge is 0.185 e. The van der Waals surface area contributed by atoms with Crippen molar-refractivity contribution in [2.75, 3.05) is 5.75 Å². The molecule has 0 aromatic carbocycles. The molecule has 40 valence electrons. The Labute approximate surface area is 53.4 Å². The van der Waals surface area contributed by atoms with Crippen molar-refractivity contribution < 1.29 is 0 Å². The van der Waals surface area contributed by atoms with Crippen LogP contribution in [-0.2, 0) is 0 Å². The molecule has 0 unspecified atom stereocenters. The van der Waals surface area contributed by atoms with Gasteiger partial charge in [0.25, 0.3) is 0 Å². The lowest BCUT2D eigenvalue weighted by molar-refractivity contribution is 1.57. The lowest BCUT2D eigenvalue weighted by Crippen LogP contribution is -1.61. The first-order valence-corrected chi connectivity index (χ1v) is 3.02. The highest BCUT2D eigenvalue weighted by molar-refractivity contribution is 8.03. The molecule has 1 nitrogen and oxygen atoms in total. The van der Waals surface area contributed by atoms with E-state index in [-0.39, 0.29) is 0 Å². The Morgan fingerprint density at radius 1 is 1.75 bits per heavy atom. The molecule has 0 radical (unpaired) electrons. The third-order valence-corrected chi connectivity index (χ3v) is 0.946. The molecule has 0 rings (SSSR count). The van der Waals surface area contributed by atoms with E-state index >= 15 is 0 Å². The minimum Gasteiger partial charge on any atom is -0.185 e. The zero-order chi connectivity index (χ0) is 6.24. The fraction of sp³-hybridized carbons (Fsp3) is 0.167. The third-order valence-electron chi connectivity index (χ3n) is 0.458. The monoisotopic (exact) mass is 123 g/mol. The molecule has 0 aromatic rings. The minimum absolute atomic E-state index is 0.681. The summed E-state index contributed by atoms with van der Waals surface area (Å²) in [4.78, 5) is 0. The van der Waals surface area contributed by atoms with Crippen molar-refractivity contribution in [3.8, 4) is 17.7 Å². The van der Waals surface area contributed by atoms with Crippen molar-refractivity contribution in [3.63, 3.8) is 0 Å². The van der Waals surface area contributed by atoms with Crippen molar-refractivity contribution in [2.24, 2.45) is 0 Å².